The highest BCUT2D eigenvalue weighted by Gasteiger charge is 2.43. The number of likely N-dealkylation sites (tertiary alicyclic amines) is 1. The van der Waals surface area contributed by atoms with E-state index in [1.165, 1.54) is 6.42 Å². The molecule has 8 atom stereocenters. The van der Waals surface area contributed by atoms with Crippen LogP contribution in [0, 0.1) is 64.6 Å². The fourth-order valence-electron chi connectivity index (χ4n) is 9.21. The predicted octanol–water partition coefficient (Wildman–Crippen LogP) is 6.16. The first-order valence-corrected chi connectivity index (χ1v) is 24.9. The highest BCUT2D eigenvalue weighted by molar-refractivity contribution is 5.94. The monoisotopic (exact) mass is 908 g/mol. The summed E-state index contributed by atoms with van der Waals surface area (Å²) in [7, 11) is 1.74. The predicted molar refractivity (Wildman–Crippen MR) is 255 cm³/mol. The summed E-state index contributed by atoms with van der Waals surface area (Å²) in [6, 6.07) is -1.99. The van der Waals surface area contributed by atoms with E-state index in [4.69, 9.17) is 9.47 Å². The van der Waals surface area contributed by atoms with E-state index in [0.717, 1.165) is 64.2 Å². The van der Waals surface area contributed by atoms with Crippen molar-refractivity contribution in [3.8, 4) is 23.7 Å². The third kappa shape index (κ3) is 18.4. The Morgan fingerprint density at radius 3 is 1.80 bits per heavy atom. The molecule has 4 amide bonds. The lowest BCUT2D eigenvalue weighted by Crippen LogP contribution is -2.54. The molecule has 1 unspecified atom stereocenters. The normalized spacial score (nSPS) is 20.4. The minimum atomic E-state index is -0.585. The second kappa shape index (κ2) is 28.4. The van der Waals surface area contributed by atoms with Crippen molar-refractivity contribution >= 4 is 35.2 Å². The van der Waals surface area contributed by atoms with E-state index in [9.17, 15) is 28.8 Å². The number of amides is 4. The Morgan fingerprint density at radius 1 is 0.677 bits per heavy atom. The van der Waals surface area contributed by atoms with Crippen molar-refractivity contribution in [2.45, 2.75) is 189 Å². The molecule has 0 aromatic heterocycles. The fraction of sp³-hybridized carbons (Fsp3) is 0.808. The second-order valence-electron chi connectivity index (χ2n) is 20.6. The Bertz CT molecular complexity index is 1670. The maximum atomic E-state index is 14.0. The molecule has 1 saturated heterocycles. The summed E-state index contributed by atoms with van der Waals surface area (Å²) in [5.41, 5.74) is -0.449. The van der Waals surface area contributed by atoms with Crippen LogP contribution in [-0.2, 0) is 38.2 Å². The summed E-state index contributed by atoms with van der Waals surface area (Å²) >= 11 is 0. The van der Waals surface area contributed by atoms with E-state index >= 15 is 0 Å². The van der Waals surface area contributed by atoms with Crippen LogP contribution in [0.4, 0.5) is 0 Å². The van der Waals surface area contributed by atoms with Crippen LogP contribution in [0.3, 0.4) is 0 Å². The van der Waals surface area contributed by atoms with Crippen LogP contribution in [-0.4, -0.2) is 110 Å². The van der Waals surface area contributed by atoms with Crippen LogP contribution >= 0.6 is 0 Å². The molecule has 366 valence electrons. The molecule has 3 aliphatic rings. The van der Waals surface area contributed by atoms with Crippen molar-refractivity contribution in [3.05, 3.63) is 0 Å². The molecule has 2 aliphatic carbocycles. The summed E-state index contributed by atoms with van der Waals surface area (Å²) < 4.78 is 11.8. The Hall–Kier alpha value is -3.78. The number of hydrogen-bond acceptors (Lipinski definition) is 9. The molecule has 13 heteroatoms. The zero-order chi connectivity index (χ0) is 48.1. The van der Waals surface area contributed by atoms with Gasteiger partial charge in [0.1, 0.15) is 25.0 Å². The lowest BCUT2D eigenvalue weighted by Gasteiger charge is -2.36. The number of nitrogens with zero attached hydrogens (tertiary/aromatic N) is 1. The van der Waals surface area contributed by atoms with Gasteiger partial charge in [-0.05, 0) is 93.9 Å². The summed E-state index contributed by atoms with van der Waals surface area (Å²) in [6.07, 6.45) is 12.6. The smallest absolute Gasteiger partial charge is 0.243 e. The summed E-state index contributed by atoms with van der Waals surface area (Å²) in [6.45, 7) is 18.6. The average Bonchev–Trinajstić information content (AvgIpc) is 3.79. The van der Waals surface area contributed by atoms with Gasteiger partial charge < -0.3 is 35.6 Å². The second-order valence-corrected chi connectivity index (χ2v) is 20.6. The molecule has 3 fully saturated rings. The molecule has 1 aliphatic heterocycles. The Kier molecular flexibility index (Phi) is 24.3. The number of Topliss-reactive ketones (excluding diaryl/α,β-unsaturated/α-hetero) is 2. The largest absolute Gasteiger partial charge is 0.367 e. The molecule has 1 heterocycles. The third-order valence-electron chi connectivity index (χ3n) is 14.1. The van der Waals surface area contributed by atoms with Crippen LogP contribution in [0.25, 0.3) is 0 Å². The third-order valence-corrected chi connectivity index (χ3v) is 14.1. The van der Waals surface area contributed by atoms with E-state index in [1.807, 2.05) is 48.5 Å². The fourth-order valence-corrected chi connectivity index (χ4v) is 9.21. The van der Waals surface area contributed by atoms with Crippen LogP contribution in [0.15, 0.2) is 0 Å². The number of carbonyl (C=O) groups is 6. The van der Waals surface area contributed by atoms with Crippen molar-refractivity contribution in [2.75, 3.05) is 40.0 Å². The molecule has 13 nitrogen and oxygen atoms in total. The van der Waals surface area contributed by atoms with Crippen LogP contribution in [0.5, 0.6) is 0 Å². The molecule has 0 bridgehead atoms. The molecule has 0 radical (unpaired) electrons. The lowest BCUT2D eigenvalue weighted by atomic mass is 9.76. The molecule has 0 aromatic carbocycles. The van der Waals surface area contributed by atoms with Gasteiger partial charge in [-0.3, -0.25) is 28.8 Å². The standard InChI is InChI=1S/C52H85N5O8/c1-11-36(4)48(60)56-47(40-25-18-15-19-26-40)46(59)31-37(5)49(61)54-42(35(2)3)33-64-29-20-12-13-21-30-65-34-43(39-23-16-14-17-24-39)55-50(62)44-27-22-28-57(44)51(63)41(52(7,8)9)32-45(58)38(6)53-10/h35-44,47,53H,11,14-19,22-34H2,1-10H3,(H,54,61)(H,55,62)(H,56,60)/t36-,37+,38-,41+,42+,43+,44?,47+/m0/s1. The van der Waals surface area contributed by atoms with Gasteiger partial charge in [0.15, 0.2) is 5.78 Å². The van der Waals surface area contributed by atoms with Gasteiger partial charge in [-0.1, -0.05) is 106 Å². The number of ketones is 2. The van der Waals surface area contributed by atoms with Crippen molar-refractivity contribution in [1.29, 1.82) is 0 Å². The highest BCUT2D eigenvalue weighted by atomic mass is 16.5. The van der Waals surface area contributed by atoms with Gasteiger partial charge in [-0.15, -0.1) is 0 Å². The van der Waals surface area contributed by atoms with Gasteiger partial charge in [0.25, 0.3) is 0 Å². The van der Waals surface area contributed by atoms with Crippen molar-refractivity contribution < 1.29 is 38.2 Å². The first-order chi connectivity index (χ1) is 30.9. The van der Waals surface area contributed by atoms with Gasteiger partial charge >= 0.3 is 0 Å². The number of ether oxygens (including phenoxy) is 2. The maximum absolute atomic E-state index is 14.0. The van der Waals surface area contributed by atoms with E-state index < -0.39 is 29.3 Å². The summed E-state index contributed by atoms with van der Waals surface area (Å²) in [4.78, 5) is 82.3. The molecule has 2 saturated carbocycles. The maximum Gasteiger partial charge on any atom is 0.243 e. The van der Waals surface area contributed by atoms with E-state index in [1.54, 1.807) is 25.8 Å². The average molecular weight is 908 g/mol. The molecular weight excluding hydrogens is 823 g/mol. The Labute approximate surface area is 391 Å². The van der Waals surface area contributed by atoms with E-state index in [0.29, 0.717) is 26.0 Å². The molecule has 0 aromatic rings. The lowest BCUT2D eigenvalue weighted by molar-refractivity contribution is -0.146. The molecule has 4 N–H and O–H groups in total. The first-order valence-electron chi connectivity index (χ1n) is 24.9. The van der Waals surface area contributed by atoms with Gasteiger partial charge in [0.05, 0.1) is 37.4 Å². The molecule has 3 rings (SSSR count). The van der Waals surface area contributed by atoms with Crippen molar-refractivity contribution in [3.63, 3.8) is 0 Å². The molecule has 65 heavy (non-hydrogen) atoms. The first kappa shape index (κ1) is 55.5. The summed E-state index contributed by atoms with van der Waals surface area (Å²) in [5, 5.41) is 12.4. The van der Waals surface area contributed by atoms with Gasteiger partial charge in [-0.2, -0.15) is 0 Å². The molecule has 0 spiro atoms. The van der Waals surface area contributed by atoms with Crippen molar-refractivity contribution in [1.82, 2.24) is 26.2 Å². The Balaban J connectivity index is 1.49. The number of rotatable bonds is 24. The highest BCUT2D eigenvalue weighted by Crippen LogP contribution is 2.34. The summed E-state index contributed by atoms with van der Waals surface area (Å²) in [5.74, 6) is 9.93. The number of likely N-dealkylation sites (N-methyl/N-ethyl adjacent to an activating group) is 1. The topological polar surface area (TPSA) is 172 Å². The van der Waals surface area contributed by atoms with Gasteiger partial charge in [0.2, 0.25) is 23.6 Å². The van der Waals surface area contributed by atoms with Crippen LogP contribution < -0.4 is 21.3 Å². The number of carbonyl (C=O) groups excluding carboxylic acids is 6. The minimum Gasteiger partial charge on any atom is -0.367 e. The number of nitrogens with one attached hydrogen (secondary N) is 4. The van der Waals surface area contributed by atoms with Gasteiger partial charge in [0, 0.05) is 37.1 Å². The van der Waals surface area contributed by atoms with Crippen molar-refractivity contribution in [2.24, 2.45) is 40.9 Å². The van der Waals surface area contributed by atoms with E-state index in [-0.39, 0.29) is 110 Å². The van der Waals surface area contributed by atoms with Gasteiger partial charge in [-0.25, -0.2) is 0 Å². The zero-order valence-corrected chi connectivity index (χ0v) is 41.7. The van der Waals surface area contributed by atoms with E-state index in [2.05, 4.69) is 44.9 Å². The minimum absolute atomic E-state index is 0.0159. The quantitative estimate of drug-likeness (QED) is 0.0655. The van der Waals surface area contributed by atoms with Crippen LogP contribution in [0.1, 0.15) is 159 Å². The zero-order valence-electron chi connectivity index (χ0n) is 41.7. The van der Waals surface area contributed by atoms with Crippen LogP contribution in [0.2, 0.25) is 0 Å². The number of hydrogen-bond donors (Lipinski definition) is 4. The SMILES string of the molecule is CC[C@H](C)C(=O)N[C@@H](C(=O)C[C@@H](C)C(=O)N[C@H](COCC#CC#CCOC[C@@H](NC(=O)C1CCCN1C(=O)[C@@H](CC(=O)[C@H](C)NC)C(C)(C)C)C1CCCCC1)C(C)C)C1CCCCC1. The Morgan fingerprint density at radius 2 is 1.25 bits per heavy atom. The molecular formula is C52H85N5O8.